The van der Waals surface area contributed by atoms with E-state index in [1.807, 2.05) is 6.07 Å². The maximum atomic E-state index is 5.93. The van der Waals surface area contributed by atoms with Gasteiger partial charge in [0.25, 0.3) is 0 Å². The monoisotopic (exact) mass is 312 g/mol. The largest absolute Gasteiger partial charge is 0.497 e. The maximum Gasteiger partial charge on any atom is 0.119 e. The molecule has 3 nitrogen and oxygen atoms in total. The standard InChI is InChI=1S/C14H21BrN2O/c1-3-17-7-6-10(9-16)14(17)12-8-11(18-2)4-5-13(12)15/h4-5,8,10,14H,3,6-7,9,16H2,1-2H3. The summed E-state index contributed by atoms with van der Waals surface area (Å²) < 4.78 is 6.48. The average Bonchev–Trinajstić information content (AvgIpc) is 2.82. The van der Waals surface area contributed by atoms with Gasteiger partial charge in [-0.3, -0.25) is 4.90 Å². The number of benzene rings is 1. The van der Waals surface area contributed by atoms with Crippen LogP contribution >= 0.6 is 15.9 Å². The van der Waals surface area contributed by atoms with Crippen LogP contribution in [0.3, 0.4) is 0 Å². The third-order valence-electron chi connectivity index (χ3n) is 3.86. The molecule has 1 heterocycles. The number of rotatable bonds is 4. The molecule has 1 aliphatic rings. The Morgan fingerprint density at radius 1 is 1.50 bits per heavy atom. The van der Waals surface area contributed by atoms with E-state index in [2.05, 4.69) is 39.9 Å². The smallest absolute Gasteiger partial charge is 0.119 e. The van der Waals surface area contributed by atoms with Crippen LogP contribution in [0, 0.1) is 5.92 Å². The molecule has 0 aliphatic carbocycles. The van der Waals surface area contributed by atoms with Crippen molar-refractivity contribution in [3.8, 4) is 5.75 Å². The molecule has 0 spiro atoms. The lowest BCUT2D eigenvalue weighted by Crippen LogP contribution is -2.28. The molecule has 100 valence electrons. The van der Waals surface area contributed by atoms with Crippen molar-refractivity contribution in [3.05, 3.63) is 28.2 Å². The molecule has 0 saturated carbocycles. The predicted molar refractivity (Wildman–Crippen MR) is 77.8 cm³/mol. The predicted octanol–water partition coefficient (Wildman–Crippen LogP) is 2.80. The van der Waals surface area contributed by atoms with Crippen LogP contribution in [-0.4, -0.2) is 31.6 Å². The van der Waals surface area contributed by atoms with E-state index in [0.29, 0.717) is 12.0 Å². The molecular weight excluding hydrogens is 292 g/mol. The minimum absolute atomic E-state index is 0.407. The normalized spacial score (nSPS) is 24.4. The number of nitrogens with zero attached hydrogens (tertiary/aromatic N) is 1. The number of methoxy groups -OCH3 is 1. The molecule has 1 aromatic rings. The number of nitrogens with two attached hydrogens (primary N) is 1. The second-order valence-corrected chi connectivity index (χ2v) is 5.60. The summed E-state index contributed by atoms with van der Waals surface area (Å²) in [5.41, 5.74) is 7.22. The van der Waals surface area contributed by atoms with Gasteiger partial charge in [-0.25, -0.2) is 0 Å². The van der Waals surface area contributed by atoms with Crippen molar-refractivity contribution >= 4 is 15.9 Å². The van der Waals surface area contributed by atoms with Crippen molar-refractivity contribution < 1.29 is 4.74 Å². The molecule has 2 atom stereocenters. The zero-order valence-corrected chi connectivity index (χ0v) is 12.6. The summed E-state index contributed by atoms with van der Waals surface area (Å²) in [6.07, 6.45) is 1.18. The third kappa shape index (κ3) is 2.56. The van der Waals surface area contributed by atoms with Gasteiger partial charge in [0, 0.05) is 10.5 Å². The summed E-state index contributed by atoms with van der Waals surface area (Å²) in [6.45, 7) is 5.14. The van der Waals surface area contributed by atoms with Gasteiger partial charge in [-0.2, -0.15) is 0 Å². The first kappa shape index (κ1) is 13.8. The highest BCUT2D eigenvalue weighted by Crippen LogP contribution is 2.40. The van der Waals surface area contributed by atoms with Crippen molar-refractivity contribution in [2.75, 3.05) is 26.7 Å². The maximum absolute atomic E-state index is 5.93. The van der Waals surface area contributed by atoms with Gasteiger partial charge in [0.05, 0.1) is 7.11 Å². The summed E-state index contributed by atoms with van der Waals surface area (Å²) in [7, 11) is 1.71. The molecule has 1 aromatic carbocycles. The fourth-order valence-electron chi connectivity index (χ4n) is 2.85. The molecule has 2 rings (SSSR count). The summed E-state index contributed by atoms with van der Waals surface area (Å²) >= 11 is 3.66. The topological polar surface area (TPSA) is 38.5 Å². The molecule has 1 fully saturated rings. The Labute approximate surface area is 117 Å². The molecule has 0 amide bonds. The van der Waals surface area contributed by atoms with Crippen molar-refractivity contribution in [1.29, 1.82) is 0 Å². The minimum atomic E-state index is 0.407. The number of hydrogen-bond donors (Lipinski definition) is 1. The fourth-order valence-corrected chi connectivity index (χ4v) is 3.34. The number of hydrogen-bond acceptors (Lipinski definition) is 3. The second kappa shape index (κ2) is 6.04. The molecule has 0 radical (unpaired) electrons. The Morgan fingerprint density at radius 3 is 2.89 bits per heavy atom. The van der Waals surface area contributed by atoms with E-state index < -0.39 is 0 Å². The highest BCUT2D eigenvalue weighted by atomic mass is 79.9. The van der Waals surface area contributed by atoms with Gasteiger partial charge in [-0.05, 0) is 55.7 Å². The van der Waals surface area contributed by atoms with Gasteiger partial charge in [0.15, 0.2) is 0 Å². The van der Waals surface area contributed by atoms with E-state index in [9.17, 15) is 0 Å². The zero-order chi connectivity index (χ0) is 13.1. The number of halogens is 1. The summed E-state index contributed by atoms with van der Waals surface area (Å²) in [6, 6.07) is 6.58. The first-order valence-corrected chi connectivity index (χ1v) is 7.28. The highest BCUT2D eigenvalue weighted by Gasteiger charge is 2.34. The SMILES string of the molecule is CCN1CCC(CN)C1c1cc(OC)ccc1Br. The van der Waals surface area contributed by atoms with Crippen molar-refractivity contribution in [2.45, 2.75) is 19.4 Å². The second-order valence-electron chi connectivity index (χ2n) is 4.75. The molecule has 18 heavy (non-hydrogen) atoms. The van der Waals surface area contributed by atoms with Crippen molar-refractivity contribution in [2.24, 2.45) is 11.7 Å². The Balaban J connectivity index is 2.37. The Morgan fingerprint density at radius 2 is 2.28 bits per heavy atom. The van der Waals surface area contributed by atoms with Crippen LogP contribution in [0.4, 0.5) is 0 Å². The van der Waals surface area contributed by atoms with E-state index in [-0.39, 0.29) is 0 Å². The molecular formula is C14H21BrN2O. The molecule has 2 unspecified atom stereocenters. The van der Waals surface area contributed by atoms with Gasteiger partial charge in [-0.15, -0.1) is 0 Å². The minimum Gasteiger partial charge on any atom is -0.497 e. The third-order valence-corrected chi connectivity index (χ3v) is 4.58. The van der Waals surface area contributed by atoms with Crippen LogP contribution in [0.15, 0.2) is 22.7 Å². The highest BCUT2D eigenvalue weighted by molar-refractivity contribution is 9.10. The van der Waals surface area contributed by atoms with E-state index in [1.54, 1.807) is 7.11 Å². The lowest BCUT2D eigenvalue weighted by atomic mass is 9.93. The van der Waals surface area contributed by atoms with Crippen LogP contribution < -0.4 is 10.5 Å². The van der Waals surface area contributed by atoms with Gasteiger partial charge >= 0.3 is 0 Å². The van der Waals surface area contributed by atoms with E-state index >= 15 is 0 Å². The molecule has 2 N–H and O–H groups in total. The molecule has 4 heteroatoms. The summed E-state index contributed by atoms with van der Waals surface area (Å²) in [4.78, 5) is 2.50. The van der Waals surface area contributed by atoms with E-state index in [4.69, 9.17) is 10.5 Å². The van der Waals surface area contributed by atoms with Crippen LogP contribution in [0.5, 0.6) is 5.75 Å². The number of ether oxygens (including phenoxy) is 1. The van der Waals surface area contributed by atoms with Crippen molar-refractivity contribution in [1.82, 2.24) is 4.90 Å². The average molecular weight is 313 g/mol. The number of likely N-dealkylation sites (tertiary alicyclic amines) is 1. The fraction of sp³-hybridized carbons (Fsp3) is 0.571. The first-order chi connectivity index (χ1) is 8.71. The van der Waals surface area contributed by atoms with Crippen LogP contribution in [-0.2, 0) is 0 Å². The quantitative estimate of drug-likeness (QED) is 0.929. The molecule has 1 aliphatic heterocycles. The van der Waals surface area contributed by atoms with Crippen LogP contribution in [0.2, 0.25) is 0 Å². The lowest BCUT2D eigenvalue weighted by molar-refractivity contribution is 0.240. The molecule has 1 saturated heterocycles. The zero-order valence-electron chi connectivity index (χ0n) is 11.0. The Kier molecular flexibility index (Phi) is 4.65. The van der Waals surface area contributed by atoms with Gasteiger partial charge in [0.1, 0.15) is 5.75 Å². The Hall–Kier alpha value is -0.580. The first-order valence-electron chi connectivity index (χ1n) is 6.48. The van der Waals surface area contributed by atoms with Gasteiger partial charge in [-0.1, -0.05) is 22.9 Å². The van der Waals surface area contributed by atoms with Crippen LogP contribution in [0.25, 0.3) is 0 Å². The van der Waals surface area contributed by atoms with Crippen LogP contribution in [0.1, 0.15) is 24.9 Å². The molecule has 0 aromatic heterocycles. The van der Waals surface area contributed by atoms with E-state index in [1.165, 1.54) is 12.0 Å². The summed E-state index contributed by atoms with van der Waals surface area (Å²) in [5, 5.41) is 0. The van der Waals surface area contributed by atoms with Gasteiger partial charge in [0.2, 0.25) is 0 Å². The summed E-state index contributed by atoms with van der Waals surface area (Å²) in [5.74, 6) is 1.44. The Bertz CT molecular complexity index is 399. The lowest BCUT2D eigenvalue weighted by Gasteiger charge is -2.28. The molecule has 0 bridgehead atoms. The van der Waals surface area contributed by atoms with Gasteiger partial charge < -0.3 is 10.5 Å². The van der Waals surface area contributed by atoms with E-state index in [0.717, 1.165) is 29.9 Å². The van der Waals surface area contributed by atoms with Crippen molar-refractivity contribution in [3.63, 3.8) is 0 Å².